The van der Waals surface area contributed by atoms with Crippen LogP contribution in [0.2, 0.25) is 5.02 Å². The molecule has 2 aromatic rings. The first kappa shape index (κ1) is 12.5. The molecule has 0 atom stereocenters. The second kappa shape index (κ2) is 4.74. The van der Waals surface area contributed by atoms with Crippen molar-refractivity contribution >= 4 is 17.6 Å². The van der Waals surface area contributed by atoms with Crippen LogP contribution in [0.1, 0.15) is 16.1 Å². The van der Waals surface area contributed by atoms with E-state index in [9.17, 15) is 9.18 Å². The average molecular weight is 266 g/mol. The minimum Gasteiger partial charge on any atom is -0.478 e. The summed E-state index contributed by atoms with van der Waals surface area (Å²) in [7, 11) is 0. The van der Waals surface area contributed by atoms with Gasteiger partial charge in [-0.05, 0) is 37.3 Å². The standard InChI is InChI=1S/C13H9ClFNO2/c1-7-2-3-11(14)12(16-7)8-4-9(13(17)18)6-10(15)5-8/h2-6H,1H3,(H,17,18). The van der Waals surface area contributed by atoms with Crippen LogP contribution in [-0.2, 0) is 0 Å². The summed E-state index contributed by atoms with van der Waals surface area (Å²) in [5.74, 6) is -1.83. The molecule has 1 aromatic carbocycles. The van der Waals surface area contributed by atoms with Crippen molar-refractivity contribution in [2.45, 2.75) is 6.92 Å². The van der Waals surface area contributed by atoms with Gasteiger partial charge in [0.05, 0.1) is 16.3 Å². The molecule has 0 unspecified atom stereocenters. The van der Waals surface area contributed by atoms with Crippen LogP contribution >= 0.6 is 11.6 Å². The first-order valence-electron chi connectivity index (χ1n) is 5.15. The van der Waals surface area contributed by atoms with E-state index in [0.29, 0.717) is 16.3 Å². The maximum atomic E-state index is 13.4. The minimum atomic E-state index is -1.19. The molecule has 1 N–H and O–H groups in total. The highest BCUT2D eigenvalue weighted by Crippen LogP contribution is 2.27. The molecule has 0 amide bonds. The molecule has 0 spiro atoms. The Labute approximate surface area is 108 Å². The number of nitrogens with zero attached hydrogens (tertiary/aromatic N) is 1. The number of hydrogen-bond acceptors (Lipinski definition) is 2. The monoisotopic (exact) mass is 265 g/mol. The van der Waals surface area contributed by atoms with Crippen molar-refractivity contribution in [2.75, 3.05) is 0 Å². The summed E-state index contributed by atoms with van der Waals surface area (Å²) in [5, 5.41) is 9.23. The van der Waals surface area contributed by atoms with E-state index in [2.05, 4.69) is 4.98 Å². The van der Waals surface area contributed by atoms with Crippen LogP contribution in [0.15, 0.2) is 30.3 Å². The number of hydrogen-bond donors (Lipinski definition) is 1. The van der Waals surface area contributed by atoms with Crippen molar-refractivity contribution in [3.05, 3.63) is 52.4 Å². The fraction of sp³-hybridized carbons (Fsp3) is 0.0769. The molecule has 0 aliphatic carbocycles. The molecule has 18 heavy (non-hydrogen) atoms. The van der Waals surface area contributed by atoms with Gasteiger partial charge in [-0.3, -0.25) is 4.98 Å². The first-order valence-corrected chi connectivity index (χ1v) is 5.52. The lowest BCUT2D eigenvalue weighted by Gasteiger charge is -2.06. The molecule has 2 rings (SSSR count). The Morgan fingerprint density at radius 2 is 2.06 bits per heavy atom. The third kappa shape index (κ3) is 2.49. The van der Waals surface area contributed by atoms with Gasteiger partial charge in [0, 0.05) is 11.3 Å². The maximum absolute atomic E-state index is 13.4. The second-order valence-corrected chi connectivity index (χ2v) is 4.22. The maximum Gasteiger partial charge on any atom is 0.335 e. The summed E-state index contributed by atoms with van der Waals surface area (Å²) in [6, 6.07) is 6.88. The van der Waals surface area contributed by atoms with Crippen LogP contribution in [-0.4, -0.2) is 16.1 Å². The molecular formula is C13H9ClFNO2. The van der Waals surface area contributed by atoms with E-state index in [1.807, 2.05) is 0 Å². The number of pyridine rings is 1. The van der Waals surface area contributed by atoms with Gasteiger partial charge in [-0.2, -0.15) is 0 Å². The van der Waals surface area contributed by atoms with Crippen molar-refractivity contribution in [3.8, 4) is 11.3 Å². The Hall–Kier alpha value is -1.94. The molecule has 1 heterocycles. The van der Waals surface area contributed by atoms with Gasteiger partial charge in [-0.25, -0.2) is 9.18 Å². The van der Waals surface area contributed by atoms with Crippen molar-refractivity contribution in [2.24, 2.45) is 0 Å². The summed E-state index contributed by atoms with van der Waals surface area (Å²) >= 11 is 5.98. The first-order chi connectivity index (χ1) is 8.47. The number of aromatic nitrogens is 1. The highest BCUT2D eigenvalue weighted by Gasteiger charge is 2.11. The predicted octanol–water partition coefficient (Wildman–Crippen LogP) is 3.55. The van der Waals surface area contributed by atoms with E-state index < -0.39 is 11.8 Å². The molecule has 0 fully saturated rings. The third-order valence-corrected chi connectivity index (χ3v) is 2.71. The SMILES string of the molecule is Cc1ccc(Cl)c(-c2cc(F)cc(C(=O)O)c2)n1. The zero-order valence-corrected chi connectivity index (χ0v) is 10.2. The van der Waals surface area contributed by atoms with Crippen LogP contribution in [0, 0.1) is 12.7 Å². The average Bonchev–Trinajstić information content (AvgIpc) is 2.31. The quantitative estimate of drug-likeness (QED) is 0.903. The third-order valence-electron chi connectivity index (χ3n) is 2.40. The smallest absolute Gasteiger partial charge is 0.335 e. The molecule has 1 aromatic heterocycles. The number of carbonyl (C=O) groups is 1. The van der Waals surface area contributed by atoms with Crippen molar-refractivity contribution < 1.29 is 14.3 Å². The number of aryl methyl sites for hydroxylation is 1. The molecule has 92 valence electrons. The lowest BCUT2D eigenvalue weighted by molar-refractivity contribution is 0.0696. The molecule has 5 heteroatoms. The van der Waals surface area contributed by atoms with Crippen LogP contribution in [0.5, 0.6) is 0 Å². The molecular weight excluding hydrogens is 257 g/mol. The van der Waals surface area contributed by atoms with Gasteiger partial charge in [-0.1, -0.05) is 11.6 Å². The number of carboxylic acid groups (broad SMARTS) is 1. The fourth-order valence-corrected chi connectivity index (χ4v) is 1.81. The second-order valence-electron chi connectivity index (χ2n) is 3.82. The van der Waals surface area contributed by atoms with E-state index in [4.69, 9.17) is 16.7 Å². The van der Waals surface area contributed by atoms with Gasteiger partial charge >= 0.3 is 5.97 Å². The summed E-state index contributed by atoms with van der Waals surface area (Å²) in [5.41, 5.74) is 1.31. The normalized spacial score (nSPS) is 10.4. The predicted molar refractivity (Wildman–Crippen MR) is 66.3 cm³/mol. The van der Waals surface area contributed by atoms with Gasteiger partial charge in [0.2, 0.25) is 0 Å². The largest absolute Gasteiger partial charge is 0.478 e. The Morgan fingerprint density at radius 3 is 2.72 bits per heavy atom. The van der Waals surface area contributed by atoms with E-state index >= 15 is 0 Å². The molecule has 0 aliphatic rings. The van der Waals surface area contributed by atoms with E-state index in [1.165, 1.54) is 12.1 Å². The molecule has 0 radical (unpaired) electrons. The molecule has 0 saturated heterocycles. The van der Waals surface area contributed by atoms with Crippen molar-refractivity contribution in [1.82, 2.24) is 4.98 Å². The molecule has 0 saturated carbocycles. The topological polar surface area (TPSA) is 50.2 Å². The highest BCUT2D eigenvalue weighted by atomic mass is 35.5. The van der Waals surface area contributed by atoms with Gasteiger partial charge in [0.25, 0.3) is 0 Å². The lowest BCUT2D eigenvalue weighted by Crippen LogP contribution is -1.98. The fourth-order valence-electron chi connectivity index (χ4n) is 1.59. The van der Waals surface area contributed by atoms with Gasteiger partial charge < -0.3 is 5.11 Å². The summed E-state index contributed by atoms with van der Waals surface area (Å²) in [6.07, 6.45) is 0. The number of aromatic carboxylic acids is 1. The lowest BCUT2D eigenvalue weighted by atomic mass is 10.1. The Morgan fingerprint density at radius 1 is 1.33 bits per heavy atom. The number of halogens is 2. The zero-order chi connectivity index (χ0) is 13.3. The van der Waals surface area contributed by atoms with Gasteiger partial charge in [0.15, 0.2) is 0 Å². The molecule has 0 bridgehead atoms. The summed E-state index contributed by atoms with van der Waals surface area (Å²) < 4.78 is 13.4. The minimum absolute atomic E-state index is 0.135. The summed E-state index contributed by atoms with van der Waals surface area (Å²) in [4.78, 5) is 15.1. The Bertz CT molecular complexity index is 628. The number of benzene rings is 1. The van der Waals surface area contributed by atoms with E-state index in [0.717, 1.165) is 11.8 Å². The van der Waals surface area contributed by atoms with Crippen LogP contribution in [0.4, 0.5) is 4.39 Å². The van der Waals surface area contributed by atoms with Crippen LogP contribution in [0.25, 0.3) is 11.3 Å². The van der Waals surface area contributed by atoms with Gasteiger partial charge in [0.1, 0.15) is 5.82 Å². The number of carboxylic acids is 1. The number of rotatable bonds is 2. The van der Waals surface area contributed by atoms with E-state index in [1.54, 1.807) is 19.1 Å². The van der Waals surface area contributed by atoms with E-state index in [-0.39, 0.29) is 5.56 Å². The van der Waals surface area contributed by atoms with Crippen molar-refractivity contribution in [3.63, 3.8) is 0 Å². The molecule has 0 aliphatic heterocycles. The van der Waals surface area contributed by atoms with Crippen LogP contribution in [0.3, 0.4) is 0 Å². The Balaban J connectivity index is 2.63. The highest BCUT2D eigenvalue weighted by molar-refractivity contribution is 6.33. The van der Waals surface area contributed by atoms with Crippen LogP contribution < -0.4 is 0 Å². The molecule has 3 nitrogen and oxygen atoms in total. The summed E-state index contributed by atoms with van der Waals surface area (Å²) in [6.45, 7) is 1.78. The van der Waals surface area contributed by atoms with Gasteiger partial charge in [-0.15, -0.1) is 0 Å². The zero-order valence-electron chi connectivity index (χ0n) is 9.45. The Kier molecular flexibility index (Phi) is 3.30. The van der Waals surface area contributed by atoms with Crippen molar-refractivity contribution in [1.29, 1.82) is 0 Å².